The Morgan fingerprint density at radius 2 is 1.46 bits per heavy atom. The first-order chi connectivity index (χ1) is 12.4. The first-order valence-electron chi connectivity index (χ1n) is 8.11. The molecule has 3 aromatic rings. The second-order valence-corrected chi connectivity index (χ2v) is 8.03. The van der Waals surface area contributed by atoms with Crippen LogP contribution in [0.25, 0.3) is 0 Å². The lowest BCUT2D eigenvalue weighted by atomic mass is 10.2. The molecule has 3 aromatic carbocycles. The highest BCUT2D eigenvalue weighted by atomic mass is 35.5. The van der Waals surface area contributed by atoms with Gasteiger partial charge in [0, 0.05) is 22.9 Å². The fourth-order valence-electron chi connectivity index (χ4n) is 2.43. The minimum absolute atomic E-state index is 0.240. The van der Waals surface area contributed by atoms with Crippen molar-refractivity contribution in [3.63, 3.8) is 0 Å². The van der Waals surface area contributed by atoms with E-state index in [2.05, 4.69) is 10.0 Å². The van der Waals surface area contributed by atoms with Gasteiger partial charge in [0.1, 0.15) is 0 Å². The Kier molecular flexibility index (Phi) is 5.49. The fourth-order valence-corrected chi connectivity index (χ4v) is 3.69. The average molecular weight is 387 g/mol. The molecule has 0 unspecified atom stereocenters. The van der Waals surface area contributed by atoms with Crippen LogP contribution in [-0.4, -0.2) is 8.42 Å². The van der Waals surface area contributed by atoms with Gasteiger partial charge in [0.15, 0.2) is 0 Å². The first kappa shape index (κ1) is 18.3. The molecule has 134 valence electrons. The van der Waals surface area contributed by atoms with E-state index in [9.17, 15) is 8.42 Å². The summed E-state index contributed by atoms with van der Waals surface area (Å²) in [6, 6.07) is 21.5. The summed E-state index contributed by atoms with van der Waals surface area (Å²) in [6.07, 6.45) is 0. The van der Waals surface area contributed by atoms with Crippen molar-refractivity contribution in [2.45, 2.75) is 18.4 Å². The molecule has 0 amide bonds. The van der Waals surface area contributed by atoms with Crippen molar-refractivity contribution in [1.29, 1.82) is 0 Å². The number of hydrogen-bond donors (Lipinski definition) is 2. The zero-order valence-electron chi connectivity index (χ0n) is 14.2. The number of benzene rings is 3. The van der Waals surface area contributed by atoms with Gasteiger partial charge in [0.2, 0.25) is 0 Å². The van der Waals surface area contributed by atoms with Crippen molar-refractivity contribution < 1.29 is 8.42 Å². The summed E-state index contributed by atoms with van der Waals surface area (Å²) in [4.78, 5) is 0.240. The molecule has 0 radical (unpaired) electrons. The van der Waals surface area contributed by atoms with Crippen LogP contribution in [0.5, 0.6) is 0 Å². The highest BCUT2D eigenvalue weighted by Gasteiger charge is 2.13. The molecule has 0 aliphatic heterocycles. The second kappa shape index (κ2) is 7.81. The summed E-state index contributed by atoms with van der Waals surface area (Å²) in [6.45, 7) is 2.51. The topological polar surface area (TPSA) is 58.2 Å². The van der Waals surface area contributed by atoms with Crippen molar-refractivity contribution in [2.75, 3.05) is 10.0 Å². The highest BCUT2D eigenvalue weighted by Crippen LogP contribution is 2.20. The number of nitrogens with one attached hydrogen (secondary N) is 2. The van der Waals surface area contributed by atoms with Crippen molar-refractivity contribution in [3.8, 4) is 0 Å². The second-order valence-electron chi connectivity index (χ2n) is 5.94. The van der Waals surface area contributed by atoms with Crippen LogP contribution in [0.1, 0.15) is 11.1 Å². The van der Waals surface area contributed by atoms with Crippen molar-refractivity contribution in [1.82, 2.24) is 0 Å². The van der Waals surface area contributed by atoms with Crippen LogP contribution in [-0.2, 0) is 16.6 Å². The molecule has 0 bridgehead atoms. The summed E-state index contributed by atoms with van der Waals surface area (Å²) >= 11 is 6.14. The summed E-state index contributed by atoms with van der Waals surface area (Å²) in [5, 5.41) is 3.98. The van der Waals surface area contributed by atoms with Gasteiger partial charge in [-0.05, 0) is 55.0 Å². The Hall–Kier alpha value is -2.50. The maximum atomic E-state index is 12.4. The van der Waals surface area contributed by atoms with Gasteiger partial charge < -0.3 is 5.32 Å². The number of aryl methyl sites for hydroxylation is 1. The van der Waals surface area contributed by atoms with Gasteiger partial charge in [-0.1, -0.05) is 47.5 Å². The van der Waals surface area contributed by atoms with E-state index in [-0.39, 0.29) is 4.90 Å². The van der Waals surface area contributed by atoms with Gasteiger partial charge >= 0.3 is 0 Å². The fraction of sp³-hybridized carbons (Fsp3) is 0.100. The minimum Gasteiger partial charge on any atom is -0.381 e. The van der Waals surface area contributed by atoms with Crippen molar-refractivity contribution in [3.05, 3.63) is 88.9 Å². The smallest absolute Gasteiger partial charge is 0.261 e. The Bertz CT molecular complexity index is 985. The standard InChI is InChI=1S/C20H19ClN2O2S/c1-15-6-12-19(13-7-15)26(24,25)23-18-10-8-17(9-11-18)22-14-16-4-2-3-5-20(16)21/h2-13,22-23H,14H2,1H3. The van der Waals surface area contributed by atoms with E-state index < -0.39 is 10.0 Å². The number of sulfonamides is 1. The van der Waals surface area contributed by atoms with Gasteiger partial charge in [0.05, 0.1) is 4.90 Å². The monoisotopic (exact) mass is 386 g/mol. The van der Waals surface area contributed by atoms with E-state index in [0.29, 0.717) is 17.3 Å². The maximum absolute atomic E-state index is 12.4. The van der Waals surface area contributed by atoms with Gasteiger partial charge in [-0.3, -0.25) is 4.72 Å². The quantitative estimate of drug-likeness (QED) is 0.622. The molecule has 0 aromatic heterocycles. The van der Waals surface area contributed by atoms with Gasteiger partial charge in [-0.25, -0.2) is 8.42 Å². The molecular formula is C20H19ClN2O2S. The average Bonchev–Trinajstić information content (AvgIpc) is 2.62. The molecule has 0 aliphatic carbocycles. The highest BCUT2D eigenvalue weighted by molar-refractivity contribution is 7.92. The van der Waals surface area contributed by atoms with Crippen LogP contribution >= 0.6 is 11.6 Å². The summed E-state index contributed by atoms with van der Waals surface area (Å²) in [5.41, 5.74) is 3.40. The van der Waals surface area contributed by atoms with Crippen LogP contribution < -0.4 is 10.0 Å². The molecule has 0 spiro atoms. The zero-order chi connectivity index (χ0) is 18.6. The Morgan fingerprint density at radius 3 is 2.12 bits per heavy atom. The third kappa shape index (κ3) is 4.56. The van der Waals surface area contributed by atoms with E-state index in [4.69, 9.17) is 11.6 Å². The third-order valence-corrected chi connectivity index (χ3v) is 5.68. The SMILES string of the molecule is Cc1ccc(S(=O)(=O)Nc2ccc(NCc3ccccc3Cl)cc2)cc1. The predicted octanol–water partition coefficient (Wildman–Crippen LogP) is 5.06. The van der Waals surface area contributed by atoms with E-state index >= 15 is 0 Å². The number of halogens is 1. The van der Waals surface area contributed by atoms with E-state index in [1.807, 2.05) is 43.3 Å². The normalized spacial score (nSPS) is 11.2. The Morgan fingerprint density at radius 1 is 0.846 bits per heavy atom. The van der Waals surface area contributed by atoms with E-state index in [1.54, 1.807) is 36.4 Å². The van der Waals surface area contributed by atoms with Gasteiger partial charge in [-0.2, -0.15) is 0 Å². The first-order valence-corrected chi connectivity index (χ1v) is 9.97. The van der Waals surface area contributed by atoms with Crippen LogP contribution in [0.4, 0.5) is 11.4 Å². The molecule has 0 saturated carbocycles. The number of hydrogen-bond acceptors (Lipinski definition) is 3. The maximum Gasteiger partial charge on any atom is 0.261 e. The van der Waals surface area contributed by atoms with Crippen molar-refractivity contribution >= 4 is 33.0 Å². The molecule has 3 rings (SSSR count). The molecule has 26 heavy (non-hydrogen) atoms. The minimum atomic E-state index is -3.59. The predicted molar refractivity (Wildman–Crippen MR) is 107 cm³/mol. The van der Waals surface area contributed by atoms with Crippen LogP contribution in [0, 0.1) is 6.92 Å². The molecule has 0 saturated heterocycles. The number of anilines is 2. The summed E-state index contributed by atoms with van der Waals surface area (Å²) in [5.74, 6) is 0. The molecule has 0 fully saturated rings. The molecule has 6 heteroatoms. The molecule has 0 aliphatic rings. The largest absolute Gasteiger partial charge is 0.381 e. The van der Waals surface area contributed by atoms with Crippen LogP contribution in [0.2, 0.25) is 5.02 Å². The van der Waals surface area contributed by atoms with Crippen LogP contribution in [0.15, 0.2) is 77.7 Å². The third-order valence-electron chi connectivity index (χ3n) is 3.91. The molecular weight excluding hydrogens is 368 g/mol. The molecule has 2 N–H and O–H groups in total. The molecule has 0 heterocycles. The number of rotatable bonds is 6. The van der Waals surface area contributed by atoms with Gasteiger partial charge in [0.25, 0.3) is 10.0 Å². The van der Waals surface area contributed by atoms with E-state index in [1.165, 1.54) is 0 Å². The summed E-state index contributed by atoms with van der Waals surface area (Å²) in [7, 11) is -3.59. The molecule has 4 nitrogen and oxygen atoms in total. The van der Waals surface area contributed by atoms with Crippen molar-refractivity contribution in [2.24, 2.45) is 0 Å². The lowest BCUT2D eigenvalue weighted by molar-refractivity contribution is 0.601. The Labute approximate surface area is 158 Å². The lowest BCUT2D eigenvalue weighted by Crippen LogP contribution is -2.12. The van der Waals surface area contributed by atoms with E-state index in [0.717, 1.165) is 16.8 Å². The molecule has 0 atom stereocenters. The zero-order valence-corrected chi connectivity index (χ0v) is 15.8. The summed E-state index contributed by atoms with van der Waals surface area (Å²) < 4.78 is 27.4. The van der Waals surface area contributed by atoms with Gasteiger partial charge in [-0.15, -0.1) is 0 Å². The lowest BCUT2D eigenvalue weighted by Gasteiger charge is -2.11. The van der Waals surface area contributed by atoms with Crippen LogP contribution in [0.3, 0.4) is 0 Å². The Balaban J connectivity index is 1.66.